The number of aryl methyl sites for hydroxylation is 2. The van der Waals surface area contributed by atoms with Gasteiger partial charge in [-0.3, -0.25) is 0 Å². The highest BCUT2D eigenvalue weighted by Gasteiger charge is 2.60. The van der Waals surface area contributed by atoms with Crippen LogP contribution in [-0.2, 0) is 73.3 Å². The van der Waals surface area contributed by atoms with Gasteiger partial charge < -0.3 is 9.47 Å². The van der Waals surface area contributed by atoms with Crippen molar-refractivity contribution in [2.75, 3.05) is 6.61 Å². The van der Waals surface area contributed by atoms with Gasteiger partial charge in [0, 0.05) is 48.4 Å². The molecule has 0 aromatic heterocycles. The van der Waals surface area contributed by atoms with E-state index in [9.17, 15) is 39.9 Å². The minimum absolute atomic E-state index is 0.0614. The maximum absolute atomic E-state index is 16.5. The van der Waals surface area contributed by atoms with Crippen LogP contribution < -0.4 is 4.74 Å². The molecule has 9 aromatic carbocycles. The molecular weight excluding hydrogens is 1310 g/mol. The third kappa shape index (κ3) is 13.7. The van der Waals surface area contributed by atoms with Gasteiger partial charge in [0.15, 0.2) is 50.7 Å². The van der Waals surface area contributed by atoms with Crippen molar-refractivity contribution in [2.24, 2.45) is 23.7 Å². The molecule has 1 atom stereocenters. The van der Waals surface area contributed by atoms with Gasteiger partial charge in [-0.1, -0.05) is 30.3 Å². The zero-order valence-electron chi connectivity index (χ0n) is 49.9. The lowest BCUT2D eigenvalue weighted by Crippen LogP contribution is -2.61. The molecule has 4 bridgehead atoms. The second-order valence-electron chi connectivity index (χ2n) is 23.9. The fourth-order valence-corrected chi connectivity index (χ4v) is 20.5. The Labute approximate surface area is 540 Å². The van der Waals surface area contributed by atoms with Crippen molar-refractivity contribution in [3.05, 3.63) is 251 Å². The monoisotopic (exact) mass is 1360 g/mol. The average Bonchev–Trinajstić information content (AvgIpc) is 0.724. The molecule has 0 amide bonds. The van der Waals surface area contributed by atoms with Gasteiger partial charge >= 0.3 is 30.7 Å². The van der Waals surface area contributed by atoms with Gasteiger partial charge in [-0.2, -0.15) is 52.7 Å². The van der Waals surface area contributed by atoms with E-state index in [1.807, 2.05) is 0 Å². The van der Waals surface area contributed by atoms with Gasteiger partial charge in [0.05, 0.1) is 54.9 Å². The molecule has 13 rings (SSSR count). The van der Waals surface area contributed by atoms with Gasteiger partial charge in [-0.15, -0.1) is 0 Å². The molecule has 0 aliphatic heterocycles. The summed E-state index contributed by atoms with van der Waals surface area (Å²) in [7, 11) is -4.32. The number of carbonyl (C=O) groups is 1. The number of hydrogen-bond acceptors (Lipinski definition) is 3. The van der Waals surface area contributed by atoms with E-state index in [4.69, 9.17) is 9.47 Å². The topological polar surface area (TPSA) is 35.5 Å². The van der Waals surface area contributed by atoms with Crippen molar-refractivity contribution in [3.63, 3.8) is 0 Å². The third-order valence-electron chi connectivity index (χ3n) is 17.8. The summed E-state index contributed by atoms with van der Waals surface area (Å²) < 4.78 is 235. The van der Waals surface area contributed by atoms with Crippen LogP contribution in [0.1, 0.15) is 71.0 Å². The van der Waals surface area contributed by atoms with Crippen LogP contribution in [0.3, 0.4) is 0 Å². The van der Waals surface area contributed by atoms with Crippen LogP contribution in [0.15, 0.2) is 238 Å². The van der Waals surface area contributed by atoms with Crippen LogP contribution in [0, 0.1) is 55.0 Å². The highest BCUT2D eigenvalue weighted by Crippen LogP contribution is 2.61. The molecule has 4 fully saturated rings. The van der Waals surface area contributed by atoms with Crippen molar-refractivity contribution >= 4 is 38.7 Å². The molecule has 0 heterocycles. The maximum Gasteiger partial charge on any atom is 0.417 e. The highest BCUT2D eigenvalue weighted by molar-refractivity contribution is 7.97. The summed E-state index contributed by atoms with van der Waals surface area (Å²) in [6.45, 7) is 2.88. The van der Waals surface area contributed by atoms with Crippen molar-refractivity contribution in [1.82, 2.24) is 0 Å². The standard InChI is InChI=1S/C73H56F15O3S3/c1-42-29-61(30-43(2)68(42)90-41-66(89)91-69(50-32-44-31-45(34-50)35-51(69)33-44)40-47-37-60(27-28-65(47)76)92(57-23-15-52(74)16-24-57)58-25-17-53(75)18-26-58)94(54-8-4-3-5-9-54)59-10-6-7-46(36-59)67-63(72(83,84)85)38-62(39-64(67)73(86,87)88)93(55-19-11-48(12-20-55)70(77,78)79)56-21-13-49(14-22-56)71(80,81)82/h3-30,36-39,44-45,50-51H,31-35,40-41H2,1-2H3/q+3. The highest BCUT2D eigenvalue weighted by atomic mass is 32.2. The molecule has 9 aromatic rings. The molecule has 0 spiro atoms. The van der Waals surface area contributed by atoms with Crippen molar-refractivity contribution in [1.29, 1.82) is 0 Å². The molecule has 4 aliphatic carbocycles. The van der Waals surface area contributed by atoms with Gasteiger partial charge in [-0.25, -0.2) is 18.0 Å². The predicted molar refractivity (Wildman–Crippen MR) is 328 cm³/mol. The van der Waals surface area contributed by atoms with Gasteiger partial charge in [0.1, 0.15) is 28.8 Å². The summed E-state index contributed by atoms with van der Waals surface area (Å²) >= 11 is 0. The van der Waals surface area contributed by atoms with Crippen LogP contribution in [0.5, 0.6) is 5.75 Å². The van der Waals surface area contributed by atoms with Gasteiger partial charge in [-0.05, 0) is 219 Å². The van der Waals surface area contributed by atoms with Crippen LogP contribution in [0.25, 0.3) is 11.1 Å². The van der Waals surface area contributed by atoms with Gasteiger partial charge in [0.25, 0.3) is 0 Å². The Balaban J connectivity index is 0.866. The minimum Gasteiger partial charge on any atom is -0.481 e. The lowest BCUT2D eigenvalue weighted by atomic mass is 9.48. The third-order valence-corrected chi connectivity index (χ3v) is 24.4. The zero-order valence-corrected chi connectivity index (χ0v) is 52.3. The Hall–Kier alpha value is -7.75. The molecule has 0 radical (unpaired) electrons. The summed E-state index contributed by atoms with van der Waals surface area (Å²) in [4.78, 5) is 17.0. The number of ether oxygens (including phenoxy) is 2. The van der Waals surface area contributed by atoms with E-state index in [2.05, 4.69) is 0 Å². The lowest BCUT2D eigenvalue weighted by Gasteiger charge is -2.60. The second kappa shape index (κ2) is 25.8. The summed E-state index contributed by atoms with van der Waals surface area (Å²) in [5.41, 5.74) is -7.41. The van der Waals surface area contributed by atoms with Gasteiger partial charge in [0.2, 0.25) is 0 Å². The van der Waals surface area contributed by atoms with E-state index < -0.39 is 131 Å². The minimum atomic E-state index is -5.51. The molecule has 3 nitrogen and oxygen atoms in total. The molecule has 1 unspecified atom stereocenters. The molecule has 21 heteroatoms. The maximum atomic E-state index is 16.5. The lowest BCUT2D eigenvalue weighted by molar-refractivity contribution is -0.211. The number of halogens is 15. The van der Waals surface area contributed by atoms with E-state index in [0.717, 1.165) is 62.4 Å². The summed E-state index contributed by atoms with van der Waals surface area (Å²) in [6.07, 6.45) is -16.5. The first-order valence-electron chi connectivity index (χ1n) is 29.8. The van der Waals surface area contributed by atoms with E-state index in [1.165, 1.54) is 42.5 Å². The van der Waals surface area contributed by atoms with Crippen molar-refractivity contribution in [3.8, 4) is 16.9 Å². The molecule has 486 valence electrons. The molecule has 0 saturated heterocycles. The molecule has 4 saturated carbocycles. The smallest absolute Gasteiger partial charge is 0.417 e. The number of rotatable bonds is 16. The normalized spacial score (nSPS) is 19.2. The first-order chi connectivity index (χ1) is 44.5. The molecule has 94 heavy (non-hydrogen) atoms. The number of carbonyl (C=O) groups excluding carboxylic acids is 1. The SMILES string of the molecule is Cc1cc([S+](c2ccccc2)c2cccc(-c3c(C(F)(F)F)cc([S+](c4ccc(C(F)(F)F)cc4)c4ccc(C(F)(F)F)cc4)cc3C(F)(F)F)c2)cc(C)c1OCC(=O)OC1(Cc2cc([S+](c3ccc(F)cc3)c3ccc(F)cc3)ccc2F)C2CC3CC(C2)CC1C3. The number of alkyl halides is 12. The van der Waals surface area contributed by atoms with E-state index in [-0.39, 0.29) is 32.9 Å². The van der Waals surface area contributed by atoms with Crippen molar-refractivity contribution in [2.45, 2.75) is 127 Å². The molecule has 0 N–H and O–H groups in total. The van der Waals surface area contributed by atoms with Crippen LogP contribution in [0.2, 0.25) is 0 Å². The first kappa shape index (κ1) is 66.3. The van der Waals surface area contributed by atoms with E-state index in [1.54, 1.807) is 98.8 Å². The Morgan fingerprint density at radius 2 is 0.840 bits per heavy atom. The van der Waals surface area contributed by atoms with Crippen LogP contribution in [0.4, 0.5) is 65.9 Å². The summed E-state index contributed by atoms with van der Waals surface area (Å²) in [5.74, 6) is -1.11. The molecular formula is C73H56F15O3S3+3. The predicted octanol–water partition coefficient (Wildman–Crippen LogP) is 21.1. The zero-order chi connectivity index (χ0) is 66.8. The van der Waals surface area contributed by atoms with E-state index >= 15 is 30.7 Å². The fourth-order valence-electron chi connectivity index (χ4n) is 14.0. The molecule has 4 aliphatic rings. The first-order valence-corrected chi connectivity index (χ1v) is 33.5. The van der Waals surface area contributed by atoms with Crippen LogP contribution in [-0.4, -0.2) is 18.2 Å². The summed E-state index contributed by atoms with van der Waals surface area (Å²) in [5, 5.41) is 0. The van der Waals surface area contributed by atoms with Crippen molar-refractivity contribution < 1.29 is 80.1 Å². The largest absolute Gasteiger partial charge is 0.481 e. The van der Waals surface area contributed by atoms with Crippen LogP contribution >= 0.6 is 0 Å². The Morgan fingerprint density at radius 1 is 0.436 bits per heavy atom. The summed E-state index contributed by atoms with van der Waals surface area (Å²) in [6, 6.07) is 40.7. The quantitative estimate of drug-likeness (QED) is 0.0549. The van der Waals surface area contributed by atoms with E-state index in [0.29, 0.717) is 95.2 Å². The Morgan fingerprint density at radius 3 is 1.31 bits per heavy atom. The Kier molecular flexibility index (Phi) is 18.2. The fraction of sp³-hybridized carbons (Fsp3) is 0.247. The second-order valence-corrected chi connectivity index (χ2v) is 30.0. The Bertz CT molecular complexity index is 4060. The average molecular weight is 1360 g/mol. The number of hydrogen-bond donors (Lipinski definition) is 0. The number of benzene rings is 9. The number of esters is 1.